The maximum atomic E-state index is 9.71. The van der Waals surface area contributed by atoms with Gasteiger partial charge in [0.1, 0.15) is 4.93 Å². The number of thiol groups is 1. The Morgan fingerprint density at radius 2 is 1.71 bits per heavy atom. The third kappa shape index (κ3) is 1.76. The van der Waals surface area contributed by atoms with Crippen LogP contribution in [-0.2, 0) is 4.93 Å². The summed E-state index contributed by atoms with van der Waals surface area (Å²) in [5, 5.41) is 12.0. The van der Waals surface area contributed by atoms with Crippen LogP contribution in [0, 0.1) is 0 Å². The van der Waals surface area contributed by atoms with Gasteiger partial charge in [-0.25, -0.2) is 0 Å². The zero-order valence-corrected chi connectivity index (χ0v) is 8.83. The molecule has 14 heavy (non-hydrogen) atoms. The first-order chi connectivity index (χ1) is 6.57. The molecule has 0 saturated heterocycles. The van der Waals surface area contributed by atoms with E-state index in [1.54, 1.807) is 6.92 Å². The standard InChI is InChI=1S/C12H12OS/c1-12(13,14)11-7-6-9-4-2-3-5-10(9)8-11/h2-8,13-14H,1H3. The molecule has 1 unspecified atom stereocenters. The van der Waals surface area contributed by atoms with E-state index in [1.165, 1.54) is 5.39 Å². The van der Waals surface area contributed by atoms with E-state index in [0.717, 1.165) is 10.9 Å². The molecule has 1 atom stereocenters. The van der Waals surface area contributed by atoms with Crippen LogP contribution in [0.3, 0.4) is 0 Å². The molecule has 0 bridgehead atoms. The van der Waals surface area contributed by atoms with E-state index in [4.69, 9.17) is 0 Å². The number of rotatable bonds is 1. The maximum Gasteiger partial charge on any atom is 0.130 e. The van der Waals surface area contributed by atoms with Gasteiger partial charge in [0.15, 0.2) is 0 Å². The third-order valence-corrected chi connectivity index (χ3v) is 2.55. The van der Waals surface area contributed by atoms with Crippen LogP contribution in [0.15, 0.2) is 42.5 Å². The zero-order chi connectivity index (χ0) is 10.2. The predicted molar refractivity (Wildman–Crippen MR) is 62.5 cm³/mol. The second-order valence-electron chi connectivity index (χ2n) is 3.58. The van der Waals surface area contributed by atoms with Crippen LogP contribution >= 0.6 is 12.6 Å². The lowest BCUT2D eigenvalue weighted by molar-refractivity contribution is 0.162. The minimum absolute atomic E-state index is 0.819. The highest BCUT2D eigenvalue weighted by Crippen LogP contribution is 2.27. The molecule has 2 heteroatoms. The molecule has 0 aliphatic heterocycles. The Morgan fingerprint density at radius 3 is 2.36 bits per heavy atom. The predicted octanol–water partition coefficient (Wildman–Crippen LogP) is 2.93. The van der Waals surface area contributed by atoms with Gasteiger partial charge in [-0.05, 0) is 29.3 Å². The summed E-state index contributed by atoms with van der Waals surface area (Å²) in [6.45, 7) is 1.67. The molecule has 0 fully saturated rings. The first-order valence-corrected chi connectivity index (χ1v) is 4.96. The lowest BCUT2D eigenvalue weighted by atomic mass is 10.0. The summed E-state index contributed by atoms with van der Waals surface area (Å²) in [6, 6.07) is 13.9. The van der Waals surface area contributed by atoms with E-state index >= 15 is 0 Å². The fourth-order valence-electron chi connectivity index (χ4n) is 1.48. The SMILES string of the molecule is CC(O)(S)c1ccc2ccccc2c1. The summed E-state index contributed by atoms with van der Waals surface area (Å²) in [5.74, 6) is 0. The van der Waals surface area contributed by atoms with E-state index in [-0.39, 0.29) is 0 Å². The van der Waals surface area contributed by atoms with E-state index in [0.29, 0.717) is 0 Å². The van der Waals surface area contributed by atoms with Gasteiger partial charge in [0.2, 0.25) is 0 Å². The minimum atomic E-state index is -1.07. The Kier molecular flexibility index (Phi) is 2.25. The maximum absolute atomic E-state index is 9.71. The van der Waals surface area contributed by atoms with Gasteiger partial charge in [0.25, 0.3) is 0 Å². The summed E-state index contributed by atoms with van der Waals surface area (Å²) in [5.41, 5.74) is 0.819. The number of fused-ring (bicyclic) bond motifs is 1. The molecular weight excluding hydrogens is 192 g/mol. The van der Waals surface area contributed by atoms with Crippen molar-refractivity contribution in [3.63, 3.8) is 0 Å². The molecule has 0 saturated carbocycles. The third-order valence-electron chi connectivity index (χ3n) is 2.30. The quantitative estimate of drug-likeness (QED) is 0.540. The molecule has 0 amide bonds. The summed E-state index contributed by atoms with van der Waals surface area (Å²) in [6.07, 6.45) is 0. The zero-order valence-electron chi connectivity index (χ0n) is 7.94. The van der Waals surface area contributed by atoms with Crippen molar-refractivity contribution in [2.75, 3.05) is 0 Å². The van der Waals surface area contributed by atoms with Crippen molar-refractivity contribution in [3.05, 3.63) is 48.0 Å². The van der Waals surface area contributed by atoms with Crippen LogP contribution in [0.2, 0.25) is 0 Å². The van der Waals surface area contributed by atoms with Gasteiger partial charge < -0.3 is 5.11 Å². The van der Waals surface area contributed by atoms with Crippen LogP contribution in [0.25, 0.3) is 10.8 Å². The molecule has 0 aliphatic carbocycles. The molecule has 1 N–H and O–H groups in total. The summed E-state index contributed by atoms with van der Waals surface area (Å²) in [7, 11) is 0. The molecule has 2 rings (SSSR count). The number of hydrogen-bond donors (Lipinski definition) is 2. The number of aliphatic hydroxyl groups is 1. The molecule has 0 heterocycles. The smallest absolute Gasteiger partial charge is 0.130 e. The number of hydrogen-bond acceptors (Lipinski definition) is 2. The number of benzene rings is 2. The Labute approximate surface area is 88.8 Å². The Morgan fingerprint density at radius 1 is 1.07 bits per heavy atom. The van der Waals surface area contributed by atoms with Crippen LogP contribution in [-0.4, -0.2) is 5.11 Å². The summed E-state index contributed by atoms with van der Waals surface area (Å²) in [4.78, 5) is -1.07. The van der Waals surface area contributed by atoms with Gasteiger partial charge in [-0.3, -0.25) is 0 Å². The van der Waals surface area contributed by atoms with Crippen molar-refractivity contribution in [1.29, 1.82) is 0 Å². The summed E-state index contributed by atoms with van der Waals surface area (Å²) >= 11 is 4.13. The van der Waals surface area contributed by atoms with Crippen LogP contribution < -0.4 is 0 Å². The van der Waals surface area contributed by atoms with Gasteiger partial charge in [0.05, 0.1) is 0 Å². The highest BCUT2D eigenvalue weighted by Gasteiger charge is 2.16. The molecule has 2 aromatic carbocycles. The van der Waals surface area contributed by atoms with Gasteiger partial charge in [-0.15, -0.1) is 12.6 Å². The first kappa shape index (κ1) is 9.56. The average Bonchev–Trinajstić information content (AvgIpc) is 2.16. The van der Waals surface area contributed by atoms with E-state index in [1.807, 2.05) is 42.5 Å². The van der Waals surface area contributed by atoms with Crippen molar-refractivity contribution in [2.45, 2.75) is 11.9 Å². The minimum Gasteiger partial charge on any atom is -0.376 e. The highest BCUT2D eigenvalue weighted by atomic mass is 32.1. The molecule has 0 aromatic heterocycles. The van der Waals surface area contributed by atoms with Gasteiger partial charge >= 0.3 is 0 Å². The average molecular weight is 204 g/mol. The van der Waals surface area contributed by atoms with E-state index in [9.17, 15) is 5.11 Å². The van der Waals surface area contributed by atoms with E-state index in [2.05, 4.69) is 12.6 Å². The van der Waals surface area contributed by atoms with Crippen LogP contribution in [0.5, 0.6) is 0 Å². The molecule has 0 spiro atoms. The fourth-order valence-corrected chi connectivity index (χ4v) is 1.62. The molecular formula is C12H12OS. The lowest BCUT2D eigenvalue weighted by Crippen LogP contribution is -2.11. The normalized spacial score (nSPS) is 15.4. The van der Waals surface area contributed by atoms with Gasteiger partial charge in [-0.2, -0.15) is 0 Å². The van der Waals surface area contributed by atoms with Gasteiger partial charge in [-0.1, -0.05) is 36.4 Å². The van der Waals surface area contributed by atoms with Crippen molar-refractivity contribution in [2.24, 2.45) is 0 Å². The lowest BCUT2D eigenvalue weighted by Gasteiger charge is -2.16. The largest absolute Gasteiger partial charge is 0.376 e. The van der Waals surface area contributed by atoms with Crippen molar-refractivity contribution >= 4 is 23.4 Å². The second kappa shape index (κ2) is 3.30. The first-order valence-electron chi connectivity index (χ1n) is 4.51. The highest BCUT2D eigenvalue weighted by molar-refractivity contribution is 7.81. The molecule has 1 nitrogen and oxygen atoms in total. The van der Waals surface area contributed by atoms with Crippen LogP contribution in [0.1, 0.15) is 12.5 Å². The van der Waals surface area contributed by atoms with Gasteiger partial charge in [0, 0.05) is 0 Å². The van der Waals surface area contributed by atoms with Crippen LogP contribution in [0.4, 0.5) is 0 Å². The Hall–Kier alpha value is -0.990. The molecule has 72 valence electrons. The van der Waals surface area contributed by atoms with Crippen molar-refractivity contribution in [1.82, 2.24) is 0 Å². The Balaban J connectivity index is 2.63. The molecule has 2 aromatic rings. The van der Waals surface area contributed by atoms with Crippen molar-refractivity contribution < 1.29 is 5.11 Å². The molecule has 0 aliphatic rings. The van der Waals surface area contributed by atoms with Crippen molar-refractivity contribution in [3.8, 4) is 0 Å². The molecule has 0 radical (unpaired) electrons. The monoisotopic (exact) mass is 204 g/mol. The fraction of sp³-hybridized carbons (Fsp3) is 0.167. The topological polar surface area (TPSA) is 20.2 Å². The second-order valence-corrected chi connectivity index (χ2v) is 4.45. The summed E-state index contributed by atoms with van der Waals surface area (Å²) < 4.78 is 0. The van der Waals surface area contributed by atoms with E-state index < -0.39 is 4.93 Å². The Bertz CT molecular complexity index is 457.